The Morgan fingerprint density at radius 2 is 1.85 bits per heavy atom. The van der Waals surface area contributed by atoms with Crippen LogP contribution in [0.2, 0.25) is 0 Å². The van der Waals surface area contributed by atoms with Gasteiger partial charge in [0.25, 0.3) is 0 Å². The fraction of sp³-hybridized carbons (Fsp3) is 1.00. The number of rotatable bonds is 6. The summed E-state index contributed by atoms with van der Waals surface area (Å²) in [6.07, 6.45) is 5.75. The fourth-order valence-corrected chi connectivity index (χ4v) is 5.02. The molecule has 2 saturated heterocycles. The normalized spacial score (nSPS) is 24.6. The summed E-state index contributed by atoms with van der Waals surface area (Å²) in [5, 5.41) is 3.27. The minimum Gasteiger partial charge on any atom is -0.317 e. The molecule has 2 aliphatic heterocycles. The third-order valence-corrected chi connectivity index (χ3v) is 5.95. The average Bonchev–Trinajstić information content (AvgIpc) is 2.39. The molecule has 0 aliphatic carbocycles. The van der Waals surface area contributed by atoms with E-state index in [0.717, 1.165) is 45.6 Å². The summed E-state index contributed by atoms with van der Waals surface area (Å²) in [6, 6.07) is 0.0137. The van der Waals surface area contributed by atoms with Crippen LogP contribution in [0.3, 0.4) is 0 Å². The zero-order valence-electron chi connectivity index (χ0n) is 12.6. The number of hydrogen-bond acceptors (Lipinski definition) is 4. The second-order valence-electron chi connectivity index (χ2n) is 6.35. The molecular weight excluding hydrogens is 274 g/mol. The molecule has 2 rings (SSSR count). The minimum atomic E-state index is -3.14. The summed E-state index contributed by atoms with van der Waals surface area (Å²) >= 11 is 0. The lowest BCUT2D eigenvalue weighted by Gasteiger charge is -2.29. The highest BCUT2D eigenvalue weighted by Gasteiger charge is 2.23. The molecule has 20 heavy (non-hydrogen) atoms. The first-order valence-corrected chi connectivity index (χ1v) is 9.63. The number of piperidine rings is 2. The number of hydrogen-bond donors (Lipinski definition) is 2. The van der Waals surface area contributed by atoms with E-state index >= 15 is 0 Å². The summed E-state index contributed by atoms with van der Waals surface area (Å²) in [5.41, 5.74) is 0. The highest BCUT2D eigenvalue weighted by molar-refractivity contribution is 7.89. The molecular formula is C14H29N3O2S. The van der Waals surface area contributed by atoms with E-state index in [0.29, 0.717) is 11.7 Å². The molecule has 0 amide bonds. The lowest BCUT2D eigenvalue weighted by atomic mass is 10.0. The topological polar surface area (TPSA) is 61.4 Å². The number of nitrogens with zero attached hydrogens (tertiary/aromatic N) is 1. The van der Waals surface area contributed by atoms with Gasteiger partial charge in [-0.3, -0.25) is 0 Å². The van der Waals surface area contributed by atoms with Crippen LogP contribution in [0.25, 0.3) is 0 Å². The van der Waals surface area contributed by atoms with Crippen molar-refractivity contribution in [2.45, 2.75) is 45.1 Å². The first-order chi connectivity index (χ1) is 9.55. The van der Waals surface area contributed by atoms with Gasteiger partial charge in [0, 0.05) is 12.6 Å². The van der Waals surface area contributed by atoms with E-state index in [1.165, 1.54) is 19.3 Å². The molecule has 2 heterocycles. The Labute approximate surface area is 123 Å². The predicted molar refractivity (Wildman–Crippen MR) is 82.3 cm³/mol. The molecule has 0 aromatic carbocycles. The van der Waals surface area contributed by atoms with E-state index < -0.39 is 10.0 Å². The Balaban J connectivity index is 1.74. The second kappa shape index (κ2) is 7.73. The highest BCUT2D eigenvalue weighted by Crippen LogP contribution is 2.14. The van der Waals surface area contributed by atoms with Crippen molar-refractivity contribution in [1.82, 2.24) is 14.9 Å². The first-order valence-electron chi connectivity index (χ1n) is 7.98. The van der Waals surface area contributed by atoms with E-state index in [1.54, 1.807) is 0 Å². The molecule has 1 atom stereocenters. The molecule has 0 aromatic heterocycles. The second-order valence-corrected chi connectivity index (χ2v) is 8.15. The van der Waals surface area contributed by atoms with Crippen LogP contribution in [0.4, 0.5) is 0 Å². The van der Waals surface area contributed by atoms with Crippen molar-refractivity contribution in [3.05, 3.63) is 0 Å². The maximum absolute atomic E-state index is 12.2. The van der Waals surface area contributed by atoms with Gasteiger partial charge >= 0.3 is 0 Å². The van der Waals surface area contributed by atoms with Gasteiger partial charge in [0.15, 0.2) is 0 Å². The molecule has 2 fully saturated rings. The zero-order chi connectivity index (χ0) is 14.4. The predicted octanol–water partition coefficient (Wildman–Crippen LogP) is 0.780. The lowest BCUT2D eigenvalue weighted by Crippen LogP contribution is -2.45. The van der Waals surface area contributed by atoms with Crippen molar-refractivity contribution >= 4 is 10.0 Å². The fourth-order valence-electron chi connectivity index (χ4n) is 3.28. The van der Waals surface area contributed by atoms with Gasteiger partial charge in [-0.25, -0.2) is 13.1 Å². The maximum Gasteiger partial charge on any atom is 0.212 e. The Morgan fingerprint density at radius 3 is 2.50 bits per heavy atom. The minimum absolute atomic E-state index is 0.0137. The Kier molecular flexibility index (Phi) is 6.26. The molecule has 0 bridgehead atoms. The van der Waals surface area contributed by atoms with Crippen molar-refractivity contribution in [3.8, 4) is 0 Å². The van der Waals surface area contributed by atoms with E-state index in [9.17, 15) is 8.42 Å². The van der Waals surface area contributed by atoms with Crippen molar-refractivity contribution in [2.24, 2.45) is 5.92 Å². The van der Waals surface area contributed by atoms with Gasteiger partial charge in [0.1, 0.15) is 0 Å². The Hall–Kier alpha value is -0.170. The summed E-state index contributed by atoms with van der Waals surface area (Å²) in [6.45, 7) is 6.94. The van der Waals surface area contributed by atoms with Crippen molar-refractivity contribution in [3.63, 3.8) is 0 Å². The van der Waals surface area contributed by atoms with Crippen LogP contribution in [-0.2, 0) is 10.0 Å². The molecule has 118 valence electrons. The summed E-state index contributed by atoms with van der Waals surface area (Å²) in [4.78, 5) is 2.38. The summed E-state index contributed by atoms with van der Waals surface area (Å²) in [7, 11) is -3.14. The van der Waals surface area contributed by atoms with Gasteiger partial charge in [0.05, 0.1) is 5.75 Å². The largest absolute Gasteiger partial charge is 0.317 e. The van der Waals surface area contributed by atoms with Gasteiger partial charge < -0.3 is 10.2 Å². The lowest BCUT2D eigenvalue weighted by molar-refractivity contribution is 0.215. The molecule has 0 radical (unpaired) electrons. The van der Waals surface area contributed by atoms with Crippen LogP contribution in [0.1, 0.15) is 39.0 Å². The Morgan fingerprint density at radius 1 is 1.20 bits per heavy atom. The van der Waals surface area contributed by atoms with Crippen molar-refractivity contribution in [1.29, 1.82) is 0 Å². The number of sulfonamides is 1. The Bertz CT molecular complexity index is 374. The van der Waals surface area contributed by atoms with Gasteiger partial charge in [-0.1, -0.05) is 6.42 Å². The van der Waals surface area contributed by atoms with Gasteiger partial charge in [-0.15, -0.1) is 0 Å². The van der Waals surface area contributed by atoms with Crippen LogP contribution in [0, 0.1) is 5.92 Å². The monoisotopic (exact) mass is 303 g/mol. The van der Waals surface area contributed by atoms with Gasteiger partial charge in [-0.2, -0.15) is 0 Å². The van der Waals surface area contributed by atoms with E-state index in [1.807, 2.05) is 6.92 Å². The van der Waals surface area contributed by atoms with Crippen molar-refractivity contribution < 1.29 is 8.42 Å². The molecule has 6 heteroatoms. The summed E-state index contributed by atoms with van der Waals surface area (Å²) < 4.78 is 27.3. The van der Waals surface area contributed by atoms with Crippen LogP contribution in [-0.4, -0.2) is 57.8 Å². The average molecular weight is 303 g/mol. The third-order valence-electron chi connectivity index (χ3n) is 4.28. The maximum atomic E-state index is 12.2. The van der Waals surface area contributed by atoms with Crippen LogP contribution in [0.5, 0.6) is 0 Å². The van der Waals surface area contributed by atoms with E-state index in [4.69, 9.17) is 0 Å². The molecule has 2 N–H and O–H groups in total. The quantitative estimate of drug-likeness (QED) is 0.761. The molecule has 0 spiro atoms. The molecule has 2 aliphatic rings. The third kappa shape index (κ3) is 5.68. The van der Waals surface area contributed by atoms with Crippen LogP contribution < -0.4 is 10.0 Å². The van der Waals surface area contributed by atoms with Crippen molar-refractivity contribution in [2.75, 3.05) is 38.5 Å². The van der Waals surface area contributed by atoms with E-state index in [2.05, 4.69) is 14.9 Å². The molecule has 0 saturated carbocycles. The van der Waals surface area contributed by atoms with E-state index in [-0.39, 0.29) is 6.04 Å². The van der Waals surface area contributed by atoms with Crippen LogP contribution in [0.15, 0.2) is 0 Å². The molecule has 0 aromatic rings. The molecule has 5 nitrogen and oxygen atoms in total. The smallest absolute Gasteiger partial charge is 0.212 e. The first kappa shape index (κ1) is 16.2. The zero-order valence-corrected chi connectivity index (χ0v) is 13.4. The summed E-state index contributed by atoms with van der Waals surface area (Å²) in [5.74, 6) is 0.606. The van der Waals surface area contributed by atoms with Gasteiger partial charge in [-0.05, 0) is 64.7 Å². The van der Waals surface area contributed by atoms with Gasteiger partial charge in [0.2, 0.25) is 10.0 Å². The number of likely N-dealkylation sites (tertiary alicyclic amines) is 1. The van der Waals surface area contributed by atoms with Crippen LogP contribution >= 0.6 is 0 Å². The SMILES string of the molecule is CC(CN1CCCCC1)NS(=O)(=O)CC1CCNCC1. The molecule has 1 unspecified atom stereocenters. The number of nitrogens with one attached hydrogen (secondary N) is 2. The highest BCUT2D eigenvalue weighted by atomic mass is 32.2. The standard InChI is InChI=1S/C14H29N3O2S/c1-13(11-17-9-3-2-4-10-17)16-20(18,19)12-14-5-7-15-8-6-14/h13-16H,2-12H2,1H3.